The molecule has 0 fully saturated rings. The van der Waals surface area contributed by atoms with E-state index in [-0.39, 0.29) is 0 Å². The summed E-state index contributed by atoms with van der Waals surface area (Å²) < 4.78 is 18.7. The van der Waals surface area contributed by atoms with Gasteiger partial charge in [-0.15, -0.1) is 5.10 Å². The van der Waals surface area contributed by atoms with Gasteiger partial charge in [0.1, 0.15) is 12.6 Å². The fraction of sp³-hybridized carbons (Fsp3) is 0.370. The van der Waals surface area contributed by atoms with E-state index in [0.717, 1.165) is 35.3 Å². The Balaban J connectivity index is 1.69. The number of benzene rings is 2. The molecule has 1 aliphatic heterocycles. The van der Waals surface area contributed by atoms with Gasteiger partial charge in [0.2, 0.25) is 11.1 Å². The lowest BCUT2D eigenvalue weighted by Gasteiger charge is -2.28. The van der Waals surface area contributed by atoms with Crippen LogP contribution in [0.4, 0.5) is 5.95 Å². The maximum atomic E-state index is 12.9. The molecule has 1 aromatic heterocycles. The number of fused-ring (bicyclic) bond motifs is 1. The van der Waals surface area contributed by atoms with E-state index in [1.807, 2.05) is 43.3 Å². The minimum absolute atomic E-state index is 0.424. The molecule has 0 amide bonds. The number of carbonyl (C=O) groups is 1. The second kappa shape index (κ2) is 11.5. The van der Waals surface area contributed by atoms with Crippen molar-refractivity contribution in [1.29, 1.82) is 0 Å². The SMILES string of the molecule is CCCCSc1nc2n(n1)C(c1ccc(OCc3ccccc3C)c(OC)c1)C(C(=O)OC)=C(C)N2. The first-order chi connectivity index (χ1) is 17.5. The lowest BCUT2D eigenvalue weighted by Crippen LogP contribution is -2.29. The molecule has 36 heavy (non-hydrogen) atoms. The highest BCUT2D eigenvalue weighted by Gasteiger charge is 2.35. The molecule has 2 heterocycles. The third-order valence-electron chi connectivity index (χ3n) is 6.12. The predicted molar refractivity (Wildman–Crippen MR) is 141 cm³/mol. The first kappa shape index (κ1) is 25.6. The number of nitrogens with zero attached hydrogens (tertiary/aromatic N) is 3. The van der Waals surface area contributed by atoms with Gasteiger partial charge in [0, 0.05) is 11.4 Å². The summed E-state index contributed by atoms with van der Waals surface area (Å²) in [7, 11) is 2.99. The summed E-state index contributed by atoms with van der Waals surface area (Å²) >= 11 is 1.61. The highest BCUT2D eigenvalue weighted by molar-refractivity contribution is 7.99. The molecule has 1 aliphatic rings. The Kier molecular flexibility index (Phi) is 8.20. The summed E-state index contributed by atoms with van der Waals surface area (Å²) in [6.45, 7) is 6.48. The number of rotatable bonds is 10. The Morgan fingerprint density at radius 3 is 2.67 bits per heavy atom. The van der Waals surface area contributed by atoms with Crippen LogP contribution in [0.5, 0.6) is 11.5 Å². The van der Waals surface area contributed by atoms with E-state index in [9.17, 15) is 4.79 Å². The number of unbranched alkanes of at least 4 members (excludes halogenated alkanes) is 1. The van der Waals surface area contributed by atoms with Crippen molar-refractivity contribution in [2.45, 2.75) is 51.4 Å². The van der Waals surface area contributed by atoms with Crippen LogP contribution in [0, 0.1) is 6.92 Å². The first-order valence-electron chi connectivity index (χ1n) is 12.0. The molecule has 1 N–H and O–H groups in total. The van der Waals surface area contributed by atoms with E-state index in [2.05, 4.69) is 30.2 Å². The fourth-order valence-electron chi connectivity index (χ4n) is 4.08. The molecular formula is C27H32N4O4S. The van der Waals surface area contributed by atoms with Gasteiger partial charge in [0.25, 0.3) is 0 Å². The molecular weight excluding hydrogens is 476 g/mol. The summed E-state index contributed by atoms with van der Waals surface area (Å²) in [4.78, 5) is 17.5. The molecule has 3 aromatic rings. The molecule has 8 nitrogen and oxygen atoms in total. The molecule has 4 rings (SSSR count). The number of carbonyl (C=O) groups excluding carboxylic acids is 1. The topological polar surface area (TPSA) is 87.5 Å². The fourth-order valence-corrected chi connectivity index (χ4v) is 5.00. The standard InChI is InChI=1S/C27H32N4O4S/c1-6-7-14-36-27-29-26-28-18(3)23(25(32)34-5)24(31(26)30-27)19-12-13-21(22(15-19)33-4)35-16-20-11-9-8-10-17(20)2/h8-13,15,24H,6-7,14,16H2,1-5H3,(H,28,29,30). The summed E-state index contributed by atoms with van der Waals surface area (Å²) in [6.07, 6.45) is 2.18. The van der Waals surface area contributed by atoms with Gasteiger partial charge < -0.3 is 19.5 Å². The van der Waals surface area contributed by atoms with Crippen LogP contribution in [0.1, 0.15) is 49.4 Å². The number of aromatic nitrogens is 3. The van der Waals surface area contributed by atoms with Crippen molar-refractivity contribution >= 4 is 23.7 Å². The minimum Gasteiger partial charge on any atom is -0.493 e. The van der Waals surface area contributed by atoms with Gasteiger partial charge >= 0.3 is 5.97 Å². The van der Waals surface area contributed by atoms with Gasteiger partial charge in [-0.3, -0.25) is 0 Å². The number of anilines is 1. The summed E-state index contributed by atoms with van der Waals surface area (Å²) in [5, 5.41) is 8.62. The molecule has 0 bridgehead atoms. The van der Waals surface area contributed by atoms with Crippen LogP contribution in [0.15, 0.2) is 58.9 Å². The lowest BCUT2D eigenvalue weighted by molar-refractivity contribution is -0.136. The van der Waals surface area contributed by atoms with E-state index in [4.69, 9.17) is 19.3 Å². The van der Waals surface area contributed by atoms with Crippen LogP contribution >= 0.6 is 11.8 Å². The lowest BCUT2D eigenvalue weighted by atomic mass is 9.95. The zero-order chi connectivity index (χ0) is 25.7. The highest BCUT2D eigenvalue weighted by atomic mass is 32.2. The summed E-state index contributed by atoms with van der Waals surface area (Å²) in [6, 6.07) is 13.3. The number of hydrogen-bond acceptors (Lipinski definition) is 8. The third kappa shape index (κ3) is 5.36. The summed E-state index contributed by atoms with van der Waals surface area (Å²) in [5.74, 6) is 2.28. The monoisotopic (exact) mass is 508 g/mol. The molecule has 9 heteroatoms. The third-order valence-corrected chi connectivity index (χ3v) is 7.04. The van der Waals surface area contributed by atoms with Crippen molar-refractivity contribution < 1.29 is 19.0 Å². The smallest absolute Gasteiger partial charge is 0.338 e. The quantitative estimate of drug-likeness (QED) is 0.217. The van der Waals surface area contributed by atoms with Gasteiger partial charge in [-0.2, -0.15) is 4.98 Å². The Morgan fingerprint density at radius 2 is 1.94 bits per heavy atom. The zero-order valence-corrected chi connectivity index (χ0v) is 22.1. The Morgan fingerprint density at radius 1 is 1.14 bits per heavy atom. The van der Waals surface area contributed by atoms with E-state index in [1.54, 1.807) is 23.6 Å². The second-order valence-corrected chi connectivity index (χ2v) is 9.61. The number of aryl methyl sites for hydroxylation is 1. The molecule has 0 aliphatic carbocycles. The zero-order valence-electron chi connectivity index (χ0n) is 21.3. The van der Waals surface area contributed by atoms with Gasteiger partial charge in [-0.25, -0.2) is 9.48 Å². The first-order valence-corrected chi connectivity index (χ1v) is 13.0. The van der Waals surface area contributed by atoms with Crippen molar-refractivity contribution in [2.75, 3.05) is 25.3 Å². The van der Waals surface area contributed by atoms with Gasteiger partial charge in [0.15, 0.2) is 11.5 Å². The van der Waals surface area contributed by atoms with Crippen molar-refractivity contribution in [3.8, 4) is 11.5 Å². The van der Waals surface area contributed by atoms with Gasteiger partial charge in [0.05, 0.1) is 19.8 Å². The number of ether oxygens (including phenoxy) is 3. The molecule has 1 atom stereocenters. The minimum atomic E-state index is -0.527. The van der Waals surface area contributed by atoms with Crippen LogP contribution in [0.25, 0.3) is 0 Å². The van der Waals surface area contributed by atoms with Crippen molar-refractivity contribution in [2.24, 2.45) is 0 Å². The summed E-state index contributed by atoms with van der Waals surface area (Å²) in [5.41, 5.74) is 4.23. The largest absolute Gasteiger partial charge is 0.493 e. The average molecular weight is 509 g/mol. The number of esters is 1. The van der Waals surface area contributed by atoms with E-state index >= 15 is 0 Å². The Hall–Kier alpha value is -3.46. The van der Waals surface area contributed by atoms with Crippen LogP contribution in [-0.4, -0.2) is 40.7 Å². The van der Waals surface area contributed by atoms with Gasteiger partial charge in [-0.1, -0.05) is 55.4 Å². The Bertz CT molecular complexity index is 1270. The predicted octanol–water partition coefficient (Wildman–Crippen LogP) is 5.53. The van der Waals surface area contributed by atoms with E-state index in [0.29, 0.717) is 40.5 Å². The molecule has 1 unspecified atom stereocenters. The average Bonchev–Trinajstić information content (AvgIpc) is 3.29. The van der Waals surface area contributed by atoms with Gasteiger partial charge in [-0.05, 0) is 49.1 Å². The van der Waals surface area contributed by atoms with Crippen LogP contribution in [-0.2, 0) is 16.1 Å². The molecule has 0 saturated heterocycles. The molecule has 0 spiro atoms. The molecule has 0 radical (unpaired) electrons. The van der Waals surface area contributed by atoms with E-state index in [1.165, 1.54) is 7.11 Å². The van der Waals surface area contributed by atoms with Crippen LogP contribution in [0.2, 0.25) is 0 Å². The van der Waals surface area contributed by atoms with Crippen molar-refractivity contribution in [1.82, 2.24) is 14.8 Å². The number of nitrogens with one attached hydrogen (secondary N) is 1. The molecule has 2 aromatic carbocycles. The number of thioether (sulfide) groups is 1. The van der Waals surface area contributed by atoms with E-state index < -0.39 is 12.0 Å². The maximum absolute atomic E-state index is 12.9. The van der Waals surface area contributed by atoms with Crippen LogP contribution in [0.3, 0.4) is 0 Å². The second-order valence-electron chi connectivity index (χ2n) is 8.55. The number of methoxy groups -OCH3 is 2. The maximum Gasteiger partial charge on any atom is 0.338 e. The van der Waals surface area contributed by atoms with Crippen molar-refractivity contribution in [3.05, 3.63) is 70.4 Å². The molecule has 190 valence electrons. The Labute approximate surface area is 216 Å². The molecule has 0 saturated carbocycles. The van der Waals surface area contributed by atoms with Crippen LogP contribution < -0.4 is 14.8 Å². The van der Waals surface area contributed by atoms with Crippen molar-refractivity contribution in [3.63, 3.8) is 0 Å². The number of hydrogen-bond donors (Lipinski definition) is 1. The normalized spacial score (nSPS) is 14.8. The number of allylic oxidation sites excluding steroid dienone is 1. The highest BCUT2D eigenvalue weighted by Crippen LogP contribution is 2.40.